The van der Waals surface area contributed by atoms with Crippen molar-refractivity contribution in [3.05, 3.63) is 33.9 Å². The molecule has 0 N–H and O–H groups in total. The van der Waals surface area contributed by atoms with Gasteiger partial charge in [0.2, 0.25) is 0 Å². The van der Waals surface area contributed by atoms with E-state index < -0.39 is 10.9 Å². The molecule has 1 aliphatic heterocycles. The summed E-state index contributed by atoms with van der Waals surface area (Å²) in [6.45, 7) is 1.89. The van der Waals surface area contributed by atoms with E-state index in [0.717, 1.165) is 19.3 Å². The molecule has 8 heteroatoms. The van der Waals surface area contributed by atoms with Crippen molar-refractivity contribution in [3.63, 3.8) is 0 Å². The number of carbonyl (C=O) groups is 2. The molecule has 6 rings (SSSR count). The minimum absolute atomic E-state index is 0.0272. The number of morpholine rings is 1. The van der Waals surface area contributed by atoms with Crippen molar-refractivity contribution in [2.45, 2.75) is 38.5 Å². The minimum Gasteiger partial charge on any atom is -0.454 e. The lowest BCUT2D eigenvalue weighted by Gasteiger charge is -2.55. The Kier molecular flexibility index (Phi) is 5.20. The highest BCUT2D eigenvalue weighted by Crippen LogP contribution is 2.60. The number of nitro benzene ring substituents is 1. The van der Waals surface area contributed by atoms with Crippen molar-refractivity contribution in [1.29, 1.82) is 0 Å². The maximum atomic E-state index is 13.1. The zero-order valence-electron chi connectivity index (χ0n) is 17.6. The number of hydrogen-bond acceptors (Lipinski definition) is 7. The van der Waals surface area contributed by atoms with Gasteiger partial charge in [-0.15, -0.1) is 0 Å². The molecule has 1 heterocycles. The van der Waals surface area contributed by atoms with Crippen molar-refractivity contribution < 1.29 is 24.0 Å². The Morgan fingerprint density at radius 1 is 1.10 bits per heavy atom. The van der Waals surface area contributed by atoms with Crippen molar-refractivity contribution in [1.82, 2.24) is 0 Å². The second-order valence-corrected chi connectivity index (χ2v) is 9.76. The minimum atomic E-state index is -0.685. The monoisotopic (exact) mass is 428 g/mol. The maximum Gasteiger partial charge on any atom is 0.338 e. The molecule has 166 valence electrons. The number of nitro groups is 1. The molecule has 0 radical (unpaired) electrons. The molecule has 8 nitrogen and oxygen atoms in total. The highest BCUT2D eigenvalue weighted by molar-refractivity contribution is 5.94. The highest BCUT2D eigenvalue weighted by atomic mass is 16.6. The number of nitrogens with zero attached hydrogens (tertiary/aromatic N) is 2. The predicted molar refractivity (Wildman–Crippen MR) is 112 cm³/mol. The third kappa shape index (κ3) is 3.82. The average Bonchev–Trinajstić information content (AvgIpc) is 2.76. The van der Waals surface area contributed by atoms with Gasteiger partial charge in [-0.05, 0) is 68.4 Å². The first kappa shape index (κ1) is 20.4. The summed E-state index contributed by atoms with van der Waals surface area (Å²) in [5.41, 5.74) is 0.113. The van der Waals surface area contributed by atoms with Crippen LogP contribution in [0.5, 0.6) is 0 Å². The molecule has 5 fully saturated rings. The van der Waals surface area contributed by atoms with Crippen LogP contribution >= 0.6 is 0 Å². The van der Waals surface area contributed by atoms with E-state index in [0.29, 0.717) is 49.7 Å². The summed E-state index contributed by atoms with van der Waals surface area (Å²) >= 11 is 0. The van der Waals surface area contributed by atoms with Crippen molar-refractivity contribution >= 4 is 23.1 Å². The number of carbonyl (C=O) groups excluding carboxylic acids is 2. The number of anilines is 1. The van der Waals surface area contributed by atoms with E-state index in [-0.39, 0.29) is 29.1 Å². The standard InChI is InChI=1S/C23H28N2O6/c26-21(23-11-15-7-16(12-23)9-17(8-15)13-23)14-31-22(27)18-1-2-19(20(10-18)25(28)29)24-3-5-30-6-4-24/h1-2,10,15-17H,3-9,11-14H2. The van der Waals surface area contributed by atoms with Crippen LogP contribution in [0.2, 0.25) is 0 Å². The van der Waals surface area contributed by atoms with Gasteiger partial charge in [-0.2, -0.15) is 0 Å². The highest BCUT2D eigenvalue weighted by Gasteiger charge is 2.54. The predicted octanol–water partition coefficient (Wildman–Crippen LogP) is 3.37. The fourth-order valence-corrected chi connectivity index (χ4v) is 6.69. The first-order valence-corrected chi connectivity index (χ1v) is 11.2. The van der Waals surface area contributed by atoms with E-state index in [4.69, 9.17) is 9.47 Å². The Morgan fingerprint density at radius 3 is 2.29 bits per heavy atom. The summed E-state index contributed by atoms with van der Waals surface area (Å²) in [5, 5.41) is 11.6. The molecule has 1 aromatic rings. The summed E-state index contributed by atoms with van der Waals surface area (Å²) in [5.74, 6) is 1.26. The summed E-state index contributed by atoms with van der Waals surface area (Å²) in [4.78, 5) is 38.7. The average molecular weight is 428 g/mol. The lowest BCUT2D eigenvalue weighted by molar-refractivity contribution is -0.384. The van der Waals surface area contributed by atoms with Crippen LogP contribution in [0, 0.1) is 33.3 Å². The van der Waals surface area contributed by atoms with Crippen molar-refractivity contribution in [3.8, 4) is 0 Å². The summed E-state index contributed by atoms with van der Waals surface area (Å²) < 4.78 is 10.7. The van der Waals surface area contributed by atoms with Crippen LogP contribution in [-0.2, 0) is 14.3 Å². The molecule has 4 aliphatic carbocycles. The van der Waals surface area contributed by atoms with Gasteiger partial charge in [0, 0.05) is 24.6 Å². The smallest absolute Gasteiger partial charge is 0.338 e. The van der Waals surface area contributed by atoms with Crippen LogP contribution < -0.4 is 4.90 Å². The van der Waals surface area contributed by atoms with Gasteiger partial charge in [0.1, 0.15) is 5.69 Å². The summed E-state index contributed by atoms with van der Waals surface area (Å²) in [6, 6.07) is 4.37. The van der Waals surface area contributed by atoms with Crippen LogP contribution in [-0.4, -0.2) is 49.6 Å². The number of Topliss-reactive ketones (excluding diaryl/α,β-unsaturated/α-hetero) is 1. The zero-order valence-corrected chi connectivity index (χ0v) is 17.6. The van der Waals surface area contributed by atoms with Gasteiger partial charge in [-0.3, -0.25) is 14.9 Å². The van der Waals surface area contributed by atoms with E-state index in [9.17, 15) is 19.7 Å². The fraction of sp³-hybridized carbons (Fsp3) is 0.652. The van der Waals surface area contributed by atoms with Crippen LogP contribution in [0.1, 0.15) is 48.9 Å². The Bertz CT molecular complexity index is 872. The van der Waals surface area contributed by atoms with E-state index >= 15 is 0 Å². The topological polar surface area (TPSA) is 99.0 Å². The molecular formula is C23H28N2O6. The molecule has 4 saturated carbocycles. The van der Waals surface area contributed by atoms with Crippen LogP contribution in [0.4, 0.5) is 11.4 Å². The quantitative estimate of drug-likeness (QED) is 0.389. The van der Waals surface area contributed by atoms with Gasteiger partial charge in [-0.25, -0.2) is 4.79 Å². The van der Waals surface area contributed by atoms with Gasteiger partial charge in [-0.1, -0.05) is 0 Å². The molecular weight excluding hydrogens is 400 g/mol. The summed E-state index contributed by atoms with van der Waals surface area (Å²) in [7, 11) is 0. The Balaban J connectivity index is 1.27. The van der Waals surface area contributed by atoms with E-state index in [1.807, 2.05) is 4.90 Å². The lowest BCUT2D eigenvalue weighted by Crippen LogP contribution is -2.51. The molecule has 31 heavy (non-hydrogen) atoms. The zero-order chi connectivity index (χ0) is 21.6. The van der Waals surface area contributed by atoms with Crippen LogP contribution in [0.15, 0.2) is 18.2 Å². The normalized spacial score (nSPS) is 31.5. The number of esters is 1. The Labute approximate surface area is 181 Å². The van der Waals surface area contributed by atoms with Gasteiger partial charge >= 0.3 is 5.97 Å². The maximum absolute atomic E-state index is 13.1. The summed E-state index contributed by atoms with van der Waals surface area (Å²) in [6.07, 6.45) is 6.50. The molecule has 0 atom stereocenters. The second-order valence-electron chi connectivity index (χ2n) is 9.76. The number of benzene rings is 1. The molecule has 1 saturated heterocycles. The number of hydrogen-bond donors (Lipinski definition) is 0. The van der Waals surface area contributed by atoms with Crippen LogP contribution in [0.3, 0.4) is 0 Å². The SMILES string of the molecule is O=C(OCC(=O)C12CC3CC(CC(C3)C1)C2)c1ccc(N2CCOCC2)c([N+](=O)[O-])c1. The number of ether oxygens (including phenoxy) is 2. The molecule has 0 spiro atoms. The van der Waals surface area contributed by atoms with Crippen molar-refractivity contribution in [2.24, 2.45) is 23.2 Å². The Hall–Kier alpha value is -2.48. The van der Waals surface area contributed by atoms with Crippen LogP contribution in [0.25, 0.3) is 0 Å². The first-order valence-electron chi connectivity index (χ1n) is 11.2. The fourth-order valence-electron chi connectivity index (χ4n) is 6.69. The lowest BCUT2D eigenvalue weighted by atomic mass is 9.48. The molecule has 0 aromatic heterocycles. The Morgan fingerprint density at radius 2 is 1.71 bits per heavy atom. The van der Waals surface area contributed by atoms with Gasteiger partial charge in [0.15, 0.2) is 12.4 Å². The molecule has 4 bridgehead atoms. The number of ketones is 1. The molecule has 1 aromatic carbocycles. The largest absolute Gasteiger partial charge is 0.454 e. The van der Waals surface area contributed by atoms with E-state index in [1.54, 1.807) is 6.07 Å². The van der Waals surface area contributed by atoms with Gasteiger partial charge in [0.25, 0.3) is 5.69 Å². The van der Waals surface area contributed by atoms with Gasteiger partial charge < -0.3 is 14.4 Å². The first-order chi connectivity index (χ1) is 14.9. The third-order valence-corrected chi connectivity index (χ3v) is 7.72. The van der Waals surface area contributed by atoms with E-state index in [2.05, 4.69) is 0 Å². The second kappa shape index (κ2) is 7.89. The molecule has 5 aliphatic rings. The van der Waals surface area contributed by atoms with Gasteiger partial charge in [0.05, 0.1) is 23.7 Å². The molecule has 0 amide bonds. The van der Waals surface area contributed by atoms with E-state index in [1.165, 1.54) is 31.4 Å². The van der Waals surface area contributed by atoms with Crippen molar-refractivity contribution in [2.75, 3.05) is 37.8 Å². The molecule has 0 unspecified atom stereocenters. The third-order valence-electron chi connectivity index (χ3n) is 7.72. The number of rotatable bonds is 6.